The molecule has 1 rings (SSSR count). The Bertz CT molecular complexity index is 460. The Hall–Kier alpha value is -1.07. The first-order chi connectivity index (χ1) is 8.97. The van der Waals surface area contributed by atoms with Crippen molar-refractivity contribution in [2.24, 2.45) is 11.8 Å². The molecule has 6 heteroatoms. The molecule has 19 heavy (non-hydrogen) atoms. The van der Waals surface area contributed by atoms with Crippen molar-refractivity contribution in [3.8, 4) is 0 Å². The number of rotatable bonds is 7. The Balaban J connectivity index is 2.76. The number of anilines is 1. The number of halogens is 1. The molecule has 5 nitrogen and oxygen atoms in total. The number of methoxy groups -OCH3 is 1. The fraction of sp³-hybridized carbons (Fsp3) is 0.692. The van der Waals surface area contributed by atoms with E-state index < -0.39 is 0 Å². The first-order valence-electron chi connectivity index (χ1n) is 6.45. The summed E-state index contributed by atoms with van der Waals surface area (Å²) in [6, 6.07) is 0. The maximum Gasteiger partial charge on any atom is 0.287 e. The van der Waals surface area contributed by atoms with Crippen LogP contribution >= 0.6 is 11.6 Å². The third-order valence-corrected chi connectivity index (χ3v) is 3.61. The van der Waals surface area contributed by atoms with E-state index >= 15 is 0 Å². The molecule has 0 aromatic carbocycles. The average molecular weight is 288 g/mol. The highest BCUT2D eigenvalue weighted by Gasteiger charge is 2.11. The van der Waals surface area contributed by atoms with Gasteiger partial charge in [-0.05, 0) is 11.8 Å². The predicted molar refractivity (Wildman–Crippen MR) is 77.9 cm³/mol. The van der Waals surface area contributed by atoms with Crippen molar-refractivity contribution in [3.05, 3.63) is 21.6 Å². The second kappa shape index (κ2) is 7.50. The Labute approximate surface area is 118 Å². The Morgan fingerprint density at radius 3 is 2.74 bits per heavy atom. The van der Waals surface area contributed by atoms with Gasteiger partial charge in [0.2, 0.25) is 0 Å². The third-order valence-electron chi connectivity index (χ3n) is 3.24. The van der Waals surface area contributed by atoms with E-state index in [0.29, 0.717) is 30.7 Å². The lowest BCUT2D eigenvalue weighted by Gasteiger charge is -2.17. The molecule has 0 aliphatic heterocycles. The standard InChI is InChI=1S/C13H22ClN3O2/c1-9(2)10(3)7-15-11-8-16-17(5-6-19-4)13(18)12(11)14/h8-10,15H,5-7H2,1-4H3. The van der Waals surface area contributed by atoms with Crippen molar-refractivity contribution in [1.82, 2.24) is 9.78 Å². The zero-order chi connectivity index (χ0) is 14.4. The quantitative estimate of drug-likeness (QED) is 0.836. The summed E-state index contributed by atoms with van der Waals surface area (Å²) in [6.07, 6.45) is 1.59. The maximum atomic E-state index is 11.9. The van der Waals surface area contributed by atoms with Crippen LogP contribution in [0.1, 0.15) is 20.8 Å². The van der Waals surface area contributed by atoms with Gasteiger partial charge >= 0.3 is 0 Å². The molecule has 0 aliphatic rings. The fourth-order valence-electron chi connectivity index (χ4n) is 1.43. The van der Waals surface area contributed by atoms with E-state index in [0.717, 1.165) is 6.54 Å². The van der Waals surface area contributed by atoms with Crippen molar-refractivity contribution in [2.75, 3.05) is 25.6 Å². The molecule has 0 fully saturated rings. The van der Waals surface area contributed by atoms with E-state index in [1.165, 1.54) is 4.68 Å². The zero-order valence-corrected chi connectivity index (χ0v) is 12.7. The van der Waals surface area contributed by atoms with E-state index in [-0.39, 0.29) is 10.6 Å². The van der Waals surface area contributed by atoms with Gasteiger partial charge in [0.15, 0.2) is 0 Å². The second-order valence-electron chi connectivity index (χ2n) is 5.00. The summed E-state index contributed by atoms with van der Waals surface area (Å²) in [4.78, 5) is 11.9. The fourth-order valence-corrected chi connectivity index (χ4v) is 1.65. The average Bonchev–Trinajstić information content (AvgIpc) is 2.38. The van der Waals surface area contributed by atoms with Crippen LogP contribution < -0.4 is 10.9 Å². The van der Waals surface area contributed by atoms with Crippen molar-refractivity contribution >= 4 is 17.3 Å². The summed E-state index contributed by atoms with van der Waals surface area (Å²) < 4.78 is 6.23. The second-order valence-corrected chi connectivity index (χ2v) is 5.37. The largest absolute Gasteiger partial charge is 0.383 e. The number of nitrogens with one attached hydrogen (secondary N) is 1. The lowest BCUT2D eigenvalue weighted by molar-refractivity contribution is 0.182. The van der Waals surface area contributed by atoms with Crippen LogP contribution in [-0.2, 0) is 11.3 Å². The molecule has 0 radical (unpaired) electrons. The zero-order valence-electron chi connectivity index (χ0n) is 11.9. The molecule has 1 atom stereocenters. The van der Waals surface area contributed by atoms with Gasteiger partial charge in [0, 0.05) is 13.7 Å². The number of hydrogen-bond donors (Lipinski definition) is 1. The number of hydrogen-bond acceptors (Lipinski definition) is 4. The maximum absolute atomic E-state index is 11.9. The van der Waals surface area contributed by atoms with E-state index in [1.54, 1.807) is 13.3 Å². The van der Waals surface area contributed by atoms with Crippen molar-refractivity contribution < 1.29 is 4.74 Å². The predicted octanol–water partition coefficient (Wildman–Crippen LogP) is 2.25. The van der Waals surface area contributed by atoms with E-state index in [4.69, 9.17) is 16.3 Å². The summed E-state index contributed by atoms with van der Waals surface area (Å²) in [7, 11) is 1.58. The minimum absolute atomic E-state index is 0.182. The van der Waals surface area contributed by atoms with Crippen LogP contribution in [0.4, 0.5) is 5.69 Å². The van der Waals surface area contributed by atoms with Gasteiger partial charge in [0.25, 0.3) is 5.56 Å². The van der Waals surface area contributed by atoms with Crippen molar-refractivity contribution in [2.45, 2.75) is 27.3 Å². The lowest BCUT2D eigenvalue weighted by Crippen LogP contribution is -2.26. The van der Waals surface area contributed by atoms with Gasteiger partial charge in [0.1, 0.15) is 5.02 Å². The van der Waals surface area contributed by atoms with Gasteiger partial charge in [-0.25, -0.2) is 4.68 Å². The summed E-state index contributed by atoms with van der Waals surface area (Å²) >= 11 is 6.06. The molecule has 0 saturated carbocycles. The van der Waals surface area contributed by atoms with Crippen LogP contribution in [0.5, 0.6) is 0 Å². The smallest absolute Gasteiger partial charge is 0.287 e. The van der Waals surface area contributed by atoms with Gasteiger partial charge in [-0.15, -0.1) is 0 Å². The van der Waals surface area contributed by atoms with Crippen LogP contribution in [-0.4, -0.2) is 30.0 Å². The molecule has 0 amide bonds. The molecule has 1 aromatic heterocycles. The lowest BCUT2D eigenvalue weighted by atomic mass is 9.98. The molecular formula is C13H22ClN3O2. The first-order valence-corrected chi connectivity index (χ1v) is 6.83. The molecular weight excluding hydrogens is 266 g/mol. The molecule has 108 valence electrons. The minimum Gasteiger partial charge on any atom is -0.383 e. The van der Waals surface area contributed by atoms with E-state index in [2.05, 4.69) is 31.2 Å². The van der Waals surface area contributed by atoms with Crippen LogP contribution in [0.25, 0.3) is 0 Å². The SMILES string of the molecule is COCCn1ncc(NCC(C)C(C)C)c(Cl)c1=O. The van der Waals surface area contributed by atoms with Gasteiger partial charge in [-0.2, -0.15) is 5.10 Å². The van der Waals surface area contributed by atoms with Crippen molar-refractivity contribution in [3.63, 3.8) is 0 Å². The van der Waals surface area contributed by atoms with Gasteiger partial charge in [0.05, 0.1) is 25.0 Å². The molecule has 1 aromatic rings. The molecule has 0 saturated heterocycles. The highest BCUT2D eigenvalue weighted by atomic mass is 35.5. The number of nitrogens with zero attached hydrogens (tertiary/aromatic N) is 2. The summed E-state index contributed by atoms with van der Waals surface area (Å²) in [6.45, 7) is 8.07. The Morgan fingerprint density at radius 1 is 1.47 bits per heavy atom. The monoisotopic (exact) mass is 287 g/mol. The van der Waals surface area contributed by atoms with Gasteiger partial charge in [-0.1, -0.05) is 32.4 Å². The topological polar surface area (TPSA) is 56.1 Å². The normalized spacial score (nSPS) is 12.7. The van der Waals surface area contributed by atoms with Crippen LogP contribution in [0.15, 0.2) is 11.0 Å². The molecule has 1 heterocycles. The summed E-state index contributed by atoms with van der Waals surface area (Å²) in [5.74, 6) is 1.06. The van der Waals surface area contributed by atoms with Gasteiger partial charge < -0.3 is 10.1 Å². The Morgan fingerprint density at radius 2 is 2.16 bits per heavy atom. The molecule has 0 bridgehead atoms. The molecule has 1 unspecified atom stereocenters. The summed E-state index contributed by atoms with van der Waals surface area (Å²) in [5.41, 5.74) is 0.300. The third kappa shape index (κ3) is 4.51. The van der Waals surface area contributed by atoms with Crippen LogP contribution in [0, 0.1) is 11.8 Å². The highest BCUT2D eigenvalue weighted by Crippen LogP contribution is 2.17. The Kier molecular flexibility index (Phi) is 6.31. The molecule has 0 aliphatic carbocycles. The number of ether oxygens (including phenoxy) is 1. The minimum atomic E-state index is -0.291. The van der Waals surface area contributed by atoms with Gasteiger partial charge in [-0.3, -0.25) is 4.79 Å². The number of aromatic nitrogens is 2. The molecule has 1 N–H and O–H groups in total. The highest BCUT2D eigenvalue weighted by molar-refractivity contribution is 6.32. The molecule has 0 spiro atoms. The van der Waals surface area contributed by atoms with Crippen LogP contribution in [0.2, 0.25) is 5.02 Å². The van der Waals surface area contributed by atoms with E-state index in [9.17, 15) is 4.79 Å². The van der Waals surface area contributed by atoms with Crippen molar-refractivity contribution in [1.29, 1.82) is 0 Å². The first kappa shape index (κ1) is 16.0. The summed E-state index contributed by atoms with van der Waals surface area (Å²) in [5, 5.41) is 7.44. The van der Waals surface area contributed by atoms with Crippen LogP contribution in [0.3, 0.4) is 0 Å². The van der Waals surface area contributed by atoms with E-state index in [1.807, 2.05) is 0 Å².